The number of nitrogens with zero attached hydrogens (tertiary/aromatic N) is 2. The van der Waals surface area contributed by atoms with Crippen LogP contribution in [-0.2, 0) is 10.8 Å². The summed E-state index contributed by atoms with van der Waals surface area (Å²) in [5, 5.41) is 0. The highest BCUT2D eigenvalue weighted by atomic mass is 14.8. The van der Waals surface area contributed by atoms with Crippen molar-refractivity contribution in [3.05, 3.63) is 276 Å². The van der Waals surface area contributed by atoms with Crippen LogP contribution in [0.4, 0.5) is 0 Å². The summed E-state index contributed by atoms with van der Waals surface area (Å²) in [6.45, 7) is 0. The van der Waals surface area contributed by atoms with Crippen molar-refractivity contribution in [2.75, 3.05) is 0 Å². The van der Waals surface area contributed by atoms with Gasteiger partial charge in [0.2, 0.25) is 0 Å². The van der Waals surface area contributed by atoms with Crippen molar-refractivity contribution in [1.29, 1.82) is 0 Å². The second-order valence-corrected chi connectivity index (χ2v) is 15.6. The first-order valence-corrected chi connectivity index (χ1v) is 20.7. The molecule has 282 valence electrons. The van der Waals surface area contributed by atoms with Gasteiger partial charge in [0.05, 0.1) is 33.3 Å². The fourth-order valence-electron chi connectivity index (χ4n) is 10.1. The lowest BCUT2D eigenvalue weighted by atomic mass is 9.43. The van der Waals surface area contributed by atoms with Gasteiger partial charge >= 0.3 is 0 Å². The fourth-order valence-corrected chi connectivity index (χ4v) is 10.1. The standard InChI is InChI=1S/C58H40N2/c1-7-21-41(22-8-1)55-56(42-23-9-2-10-24-42)60-54-40-44(36-38-53(54)59-55)43-35-37-52-50(39-43)49-33-19-20-34-51(49)57(45-25-11-3-12-26-45,46-27-13-4-14-28-46)58(52,47-29-15-5-16-30-47)48-31-17-6-18-32-48/h1-40H. The highest BCUT2D eigenvalue weighted by Gasteiger charge is 2.61. The van der Waals surface area contributed by atoms with Crippen LogP contribution in [0, 0.1) is 0 Å². The molecule has 60 heavy (non-hydrogen) atoms. The maximum atomic E-state index is 5.36. The zero-order chi connectivity index (χ0) is 39.9. The number of benzene rings is 9. The van der Waals surface area contributed by atoms with Gasteiger partial charge in [-0.1, -0.05) is 224 Å². The monoisotopic (exact) mass is 764 g/mol. The van der Waals surface area contributed by atoms with Gasteiger partial charge in [0, 0.05) is 11.1 Å². The molecule has 0 spiro atoms. The van der Waals surface area contributed by atoms with E-state index in [0.29, 0.717) is 0 Å². The normalized spacial score (nSPS) is 13.6. The zero-order valence-electron chi connectivity index (χ0n) is 33.0. The van der Waals surface area contributed by atoms with Gasteiger partial charge in [0.15, 0.2) is 0 Å². The maximum absolute atomic E-state index is 5.36. The van der Waals surface area contributed by atoms with Crippen LogP contribution < -0.4 is 0 Å². The van der Waals surface area contributed by atoms with E-state index < -0.39 is 10.8 Å². The summed E-state index contributed by atoms with van der Waals surface area (Å²) in [6.07, 6.45) is 0. The molecule has 1 heterocycles. The Bertz CT molecular complexity index is 3030. The summed E-state index contributed by atoms with van der Waals surface area (Å²) < 4.78 is 0. The molecule has 0 amide bonds. The van der Waals surface area contributed by atoms with E-state index in [9.17, 15) is 0 Å². The van der Waals surface area contributed by atoms with E-state index in [1.54, 1.807) is 0 Å². The molecular weight excluding hydrogens is 725 g/mol. The summed E-state index contributed by atoms with van der Waals surface area (Å²) in [7, 11) is 0. The highest BCUT2D eigenvalue weighted by Crippen LogP contribution is 2.65. The van der Waals surface area contributed by atoms with Gasteiger partial charge in [-0.25, -0.2) is 9.97 Å². The maximum Gasteiger partial charge on any atom is 0.0973 e. The molecule has 0 saturated carbocycles. The van der Waals surface area contributed by atoms with Crippen molar-refractivity contribution in [1.82, 2.24) is 9.97 Å². The molecule has 0 radical (unpaired) electrons. The van der Waals surface area contributed by atoms with E-state index >= 15 is 0 Å². The minimum absolute atomic E-state index is 0.661. The molecule has 0 N–H and O–H groups in total. The molecule has 11 rings (SSSR count). The van der Waals surface area contributed by atoms with Crippen LogP contribution in [0.15, 0.2) is 243 Å². The Labute approximate surface area is 351 Å². The summed E-state index contributed by atoms with van der Waals surface area (Å²) in [5.74, 6) is 0. The quantitative estimate of drug-likeness (QED) is 0.162. The van der Waals surface area contributed by atoms with Crippen LogP contribution in [0.5, 0.6) is 0 Å². The molecule has 10 aromatic rings. The van der Waals surface area contributed by atoms with Gasteiger partial charge in [-0.3, -0.25) is 0 Å². The molecule has 1 aliphatic carbocycles. The lowest BCUT2D eigenvalue weighted by Crippen LogP contribution is -2.54. The van der Waals surface area contributed by atoms with Gasteiger partial charge in [-0.2, -0.15) is 0 Å². The van der Waals surface area contributed by atoms with Crippen LogP contribution in [0.25, 0.3) is 55.8 Å². The topological polar surface area (TPSA) is 25.8 Å². The summed E-state index contributed by atoms with van der Waals surface area (Å²) in [6, 6.07) is 88.2. The average Bonchev–Trinajstić information content (AvgIpc) is 3.34. The molecule has 0 aliphatic heterocycles. The van der Waals surface area contributed by atoms with Crippen LogP contribution in [-0.4, -0.2) is 9.97 Å². The van der Waals surface area contributed by atoms with Gasteiger partial charge in [0.1, 0.15) is 0 Å². The van der Waals surface area contributed by atoms with E-state index in [1.807, 2.05) is 12.1 Å². The first-order chi connectivity index (χ1) is 29.8. The Morgan fingerprint density at radius 1 is 0.250 bits per heavy atom. The summed E-state index contributed by atoms with van der Waals surface area (Å²) >= 11 is 0. The second kappa shape index (κ2) is 14.6. The second-order valence-electron chi connectivity index (χ2n) is 15.6. The molecule has 1 aliphatic rings. The molecular formula is C58H40N2. The summed E-state index contributed by atoms with van der Waals surface area (Å²) in [4.78, 5) is 10.6. The van der Waals surface area contributed by atoms with Crippen LogP contribution in [0.3, 0.4) is 0 Å². The molecule has 2 nitrogen and oxygen atoms in total. The van der Waals surface area contributed by atoms with Crippen LogP contribution in [0.1, 0.15) is 33.4 Å². The average molecular weight is 765 g/mol. The van der Waals surface area contributed by atoms with Crippen LogP contribution >= 0.6 is 0 Å². The number of aromatic nitrogens is 2. The van der Waals surface area contributed by atoms with Crippen molar-refractivity contribution in [3.63, 3.8) is 0 Å². The lowest BCUT2D eigenvalue weighted by Gasteiger charge is -2.57. The minimum atomic E-state index is -0.687. The van der Waals surface area contributed by atoms with Crippen molar-refractivity contribution in [3.8, 4) is 44.8 Å². The number of rotatable bonds is 7. The number of hydrogen-bond acceptors (Lipinski definition) is 2. The van der Waals surface area contributed by atoms with Gasteiger partial charge < -0.3 is 0 Å². The Kier molecular flexibility index (Phi) is 8.64. The molecule has 0 unspecified atom stereocenters. The largest absolute Gasteiger partial charge is 0.244 e. The van der Waals surface area contributed by atoms with Crippen molar-refractivity contribution in [2.45, 2.75) is 10.8 Å². The van der Waals surface area contributed by atoms with Crippen molar-refractivity contribution < 1.29 is 0 Å². The Balaban J connectivity index is 1.20. The molecule has 2 heteroatoms. The van der Waals surface area contributed by atoms with Crippen molar-refractivity contribution in [2.24, 2.45) is 0 Å². The van der Waals surface area contributed by atoms with E-state index in [-0.39, 0.29) is 0 Å². The van der Waals surface area contributed by atoms with E-state index in [4.69, 9.17) is 9.97 Å². The first kappa shape index (κ1) is 35.5. The number of fused-ring (bicyclic) bond motifs is 4. The minimum Gasteiger partial charge on any atom is -0.244 e. The highest BCUT2D eigenvalue weighted by molar-refractivity contribution is 5.91. The van der Waals surface area contributed by atoms with Crippen LogP contribution in [0.2, 0.25) is 0 Å². The third kappa shape index (κ3) is 5.42. The Hall–Kier alpha value is -7.68. The fraction of sp³-hybridized carbons (Fsp3) is 0.0345. The third-order valence-corrected chi connectivity index (χ3v) is 12.5. The zero-order valence-corrected chi connectivity index (χ0v) is 33.0. The molecule has 0 saturated heterocycles. The summed E-state index contributed by atoms with van der Waals surface area (Å²) in [5.41, 5.74) is 16.4. The number of hydrogen-bond donors (Lipinski definition) is 0. The predicted octanol–water partition coefficient (Wildman–Crippen LogP) is 14.0. The predicted molar refractivity (Wildman–Crippen MR) is 247 cm³/mol. The van der Waals surface area contributed by atoms with Gasteiger partial charge in [-0.15, -0.1) is 0 Å². The van der Waals surface area contributed by atoms with E-state index in [0.717, 1.165) is 44.7 Å². The molecule has 0 bridgehead atoms. The molecule has 9 aromatic carbocycles. The molecule has 0 fully saturated rings. The first-order valence-electron chi connectivity index (χ1n) is 20.7. The Morgan fingerprint density at radius 3 is 1.10 bits per heavy atom. The van der Waals surface area contributed by atoms with E-state index in [1.165, 1.54) is 44.5 Å². The van der Waals surface area contributed by atoms with E-state index in [2.05, 4.69) is 231 Å². The SMILES string of the molecule is c1ccc(-c2nc3ccc(-c4ccc5c(c4)-c4ccccc4C(c4ccccc4)(c4ccccc4)C5(c4ccccc4)c4ccccc4)cc3nc2-c2ccccc2)cc1. The lowest BCUT2D eigenvalue weighted by molar-refractivity contribution is 0.415. The van der Waals surface area contributed by atoms with Gasteiger partial charge in [0.25, 0.3) is 0 Å². The van der Waals surface area contributed by atoms with Gasteiger partial charge in [-0.05, 0) is 73.8 Å². The van der Waals surface area contributed by atoms with Crippen molar-refractivity contribution >= 4 is 11.0 Å². The Morgan fingerprint density at radius 2 is 0.617 bits per heavy atom. The third-order valence-electron chi connectivity index (χ3n) is 12.5. The smallest absolute Gasteiger partial charge is 0.0973 e. The molecule has 0 atom stereocenters. The molecule has 1 aromatic heterocycles.